The third-order valence-corrected chi connectivity index (χ3v) is 5.47. The maximum absolute atomic E-state index is 12.2. The summed E-state index contributed by atoms with van der Waals surface area (Å²) in [5, 5.41) is 3.10. The van der Waals surface area contributed by atoms with Crippen LogP contribution >= 0.6 is 22.9 Å². The molecule has 5 nitrogen and oxygen atoms in total. The van der Waals surface area contributed by atoms with Crippen LogP contribution in [-0.2, 0) is 16.4 Å². The quantitative estimate of drug-likeness (QED) is 0.822. The van der Waals surface area contributed by atoms with Crippen LogP contribution in [0.15, 0.2) is 28.6 Å². The second kappa shape index (κ2) is 6.09. The van der Waals surface area contributed by atoms with Crippen LogP contribution in [0.25, 0.3) is 0 Å². The highest BCUT2D eigenvalue weighted by molar-refractivity contribution is 7.89. The summed E-state index contributed by atoms with van der Waals surface area (Å²) in [5.74, 6) is 0. The number of aromatic nitrogens is 1. The Kier molecular flexibility index (Phi) is 4.64. The van der Waals surface area contributed by atoms with Crippen molar-refractivity contribution < 1.29 is 8.42 Å². The zero-order valence-corrected chi connectivity index (χ0v) is 13.1. The fourth-order valence-electron chi connectivity index (χ4n) is 1.70. The van der Waals surface area contributed by atoms with Gasteiger partial charge in [0, 0.05) is 24.5 Å². The van der Waals surface area contributed by atoms with Gasteiger partial charge in [-0.1, -0.05) is 11.6 Å². The lowest BCUT2D eigenvalue weighted by molar-refractivity contribution is 0.581. The zero-order valence-electron chi connectivity index (χ0n) is 10.8. The van der Waals surface area contributed by atoms with Crippen LogP contribution in [0.3, 0.4) is 0 Å². The van der Waals surface area contributed by atoms with Gasteiger partial charge in [0.15, 0.2) is 0 Å². The SMILES string of the molecule is Cc1cc(Cl)c(N)cc1S(=O)(=O)NCCc1nccs1. The Bertz CT molecular complexity index is 700. The number of benzene rings is 1. The molecule has 0 fully saturated rings. The number of sulfonamides is 1. The summed E-state index contributed by atoms with van der Waals surface area (Å²) in [6, 6.07) is 2.93. The van der Waals surface area contributed by atoms with E-state index < -0.39 is 10.0 Å². The molecule has 0 unspecified atom stereocenters. The fraction of sp³-hybridized carbons (Fsp3) is 0.250. The summed E-state index contributed by atoms with van der Waals surface area (Å²) in [5.41, 5.74) is 6.47. The highest BCUT2D eigenvalue weighted by Crippen LogP contribution is 2.26. The number of halogens is 1. The van der Waals surface area contributed by atoms with Gasteiger partial charge in [-0.25, -0.2) is 18.1 Å². The van der Waals surface area contributed by atoms with Crippen LogP contribution < -0.4 is 10.5 Å². The Morgan fingerprint density at radius 2 is 2.20 bits per heavy atom. The van der Waals surface area contributed by atoms with Crippen molar-refractivity contribution in [2.24, 2.45) is 0 Å². The number of nitrogens with zero attached hydrogens (tertiary/aromatic N) is 1. The first-order valence-corrected chi connectivity index (χ1v) is 8.58. The molecule has 0 atom stereocenters. The molecule has 1 aromatic carbocycles. The van der Waals surface area contributed by atoms with Crippen molar-refractivity contribution in [3.05, 3.63) is 39.3 Å². The van der Waals surface area contributed by atoms with Gasteiger partial charge in [0.05, 0.1) is 20.6 Å². The second-order valence-corrected chi connectivity index (χ2v) is 7.33. The third-order valence-electron chi connectivity index (χ3n) is 2.70. The summed E-state index contributed by atoms with van der Waals surface area (Å²) in [7, 11) is -3.60. The van der Waals surface area contributed by atoms with Crippen LogP contribution in [0, 0.1) is 6.92 Å². The first-order valence-electron chi connectivity index (χ1n) is 5.84. The zero-order chi connectivity index (χ0) is 14.8. The molecular weight excluding hydrogens is 318 g/mol. The molecule has 0 bridgehead atoms. The number of hydrogen-bond acceptors (Lipinski definition) is 5. The Morgan fingerprint density at radius 1 is 1.45 bits per heavy atom. The minimum absolute atomic E-state index is 0.151. The van der Waals surface area contributed by atoms with Crippen LogP contribution in [0.4, 0.5) is 5.69 Å². The van der Waals surface area contributed by atoms with E-state index in [1.54, 1.807) is 19.2 Å². The van der Waals surface area contributed by atoms with Crippen molar-refractivity contribution in [2.45, 2.75) is 18.2 Å². The molecule has 1 aromatic heterocycles. The molecule has 0 spiro atoms. The van der Waals surface area contributed by atoms with Crippen molar-refractivity contribution in [3.63, 3.8) is 0 Å². The number of nitrogens with two attached hydrogens (primary N) is 1. The molecule has 20 heavy (non-hydrogen) atoms. The number of hydrogen-bond donors (Lipinski definition) is 2. The van der Waals surface area contributed by atoms with Crippen LogP contribution in [-0.4, -0.2) is 19.9 Å². The topological polar surface area (TPSA) is 85.1 Å². The summed E-state index contributed by atoms with van der Waals surface area (Å²) >= 11 is 7.35. The first kappa shape index (κ1) is 15.2. The van der Waals surface area contributed by atoms with Crippen LogP contribution in [0.1, 0.15) is 10.6 Å². The van der Waals surface area contributed by atoms with Crippen molar-refractivity contribution in [1.82, 2.24) is 9.71 Å². The lowest BCUT2D eigenvalue weighted by atomic mass is 10.2. The van der Waals surface area contributed by atoms with Gasteiger partial charge in [0.25, 0.3) is 0 Å². The second-order valence-electron chi connectivity index (χ2n) is 4.21. The largest absolute Gasteiger partial charge is 0.397 e. The molecular formula is C12H14ClN3O2S2. The summed E-state index contributed by atoms with van der Waals surface area (Å²) in [4.78, 5) is 4.25. The lowest BCUT2D eigenvalue weighted by Crippen LogP contribution is -2.26. The molecule has 0 radical (unpaired) electrons. The van der Waals surface area contributed by atoms with E-state index in [0.717, 1.165) is 5.01 Å². The van der Waals surface area contributed by atoms with Gasteiger partial charge in [0.1, 0.15) is 0 Å². The minimum Gasteiger partial charge on any atom is -0.397 e. The molecule has 0 aliphatic carbocycles. The standard InChI is InChI=1S/C12H14ClN3O2S2/c1-8-6-9(13)10(14)7-11(8)20(17,18)16-3-2-12-15-4-5-19-12/h4-7,16H,2-3,14H2,1H3. The van der Waals surface area contributed by atoms with E-state index in [4.69, 9.17) is 17.3 Å². The summed E-state index contributed by atoms with van der Waals surface area (Å²) < 4.78 is 27.0. The van der Waals surface area contributed by atoms with Gasteiger partial charge in [-0.3, -0.25) is 0 Å². The van der Waals surface area contributed by atoms with E-state index in [2.05, 4.69) is 9.71 Å². The Balaban J connectivity index is 2.12. The molecule has 0 aliphatic rings. The van der Waals surface area contributed by atoms with E-state index in [-0.39, 0.29) is 17.1 Å². The monoisotopic (exact) mass is 331 g/mol. The van der Waals surface area contributed by atoms with E-state index in [9.17, 15) is 8.42 Å². The average molecular weight is 332 g/mol. The molecule has 8 heteroatoms. The van der Waals surface area contributed by atoms with Crippen molar-refractivity contribution >= 4 is 38.6 Å². The predicted octanol–water partition coefficient (Wildman–Crippen LogP) is 2.21. The van der Waals surface area contributed by atoms with Gasteiger partial charge in [-0.2, -0.15) is 0 Å². The normalized spacial score (nSPS) is 11.7. The third kappa shape index (κ3) is 3.49. The van der Waals surface area contributed by atoms with Crippen LogP contribution in [0.2, 0.25) is 5.02 Å². The molecule has 1 heterocycles. The van der Waals surface area contributed by atoms with Gasteiger partial charge >= 0.3 is 0 Å². The maximum Gasteiger partial charge on any atom is 0.240 e. The average Bonchev–Trinajstić information content (AvgIpc) is 2.86. The number of anilines is 1. The predicted molar refractivity (Wildman–Crippen MR) is 81.6 cm³/mol. The molecule has 0 saturated heterocycles. The molecule has 2 aromatic rings. The van der Waals surface area contributed by atoms with Gasteiger partial charge in [-0.15, -0.1) is 11.3 Å². The fourth-order valence-corrected chi connectivity index (χ4v) is 3.83. The molecule has 3 N–H and O–H groups in total. The van der Waals surface area contributed by atoms with Crippen LogP contribution in [0.5, 0.6) is 0 Å². The van der Waals surface area contributed by atoms with Gasteiger partial charge in [0.2, 0.25) is 10.0 Å². The van der Waals surface area contributed by atoms with Crippen molar-refractivity contribution in [2.75, 3.05) is 12.3 Å². The first-order chi connectivity index (χ1) is 9.40. The van der Waals surface area contributed by atoms with E-state index >= 15 is 0 Å². The number of rotatable bonds is 5. The Labute approximate surface area is 126 Å². The highest BCUT2D eigenvalue weighted by atomic mass is 35.5. The van der Waals surface area contributed by atoms with E-state index in [1.165, 1.54) is 17.4 Å². The number of nitrogens with one attached hydrogen (secondary N) is 1. The molecule has 0 amide bonds. The number of aryl methyl sites for hydroxylation is 1. The summed E-state index contributed by atoms with van der Waals surface area (Å²) in [6.07, 6.45) is 2.25. The van der Waals surface area contributed by atoms with Gasteiger partial charge in [-0.05, 0) is 24.6 Å². The van der Waals surface area contributed by atoms with Crippen molar-refractivity contribution in [3.8, 4) is 0 Å². The Hall–Kier alpha value is -1.15. The van der Waals surface area contributed by atoms with E-state index in [0.29, 0.717) is 17.0 Å². The van der Waals surface area contributed by atoms with Crippen molar-refractivity contribution in [1.29, 1.82) is 0 Å². The smallest absolute Gasteiger partial charge is 0.240 e. The van der Waals surface area contributed by atoms with Gasteiger partial charge < -0.3 is 5.73 Å². The molecule has 0 saturated carbocycles. The molecule has 108 valence electrons. The number of thiazole rings is 1. The number of nitrogen functional groups attached to an aromatic ring is 1. The lowest BCUT2D eigenvalue weighted by Gasteiger charge is -2.10. The minimum atomic E-state index is -3.60. The maximum atomic E-state index is 12.2. The Morgan fingerprint density at radius 3 is 2.85 bits per heavy atom. The molecule has 2 rings (SSSR count). The summed E-state index contributed by atoms with van der Waals surface area (Å²) in [6.45, 7) is 1.97. The van der Waals surface area contributed by atoms with E-state index in [1.807, 2.05) is 5.38 Å². The molecule has 0 aliphatic heterocycles. The highest BCUT2D eigenvalue weighted by Gasteiger charge is 2.18.